The van der Waals surface area contributed by atoms with Gasteiger partial charge < -0.3 is 19.1 Å². The van der Waals surface area contributed by atoms with Crippen molar-refractivity contribution in [2.75, 3.05) is 44.8 Å². The van der Waals surface area contributed by atoms with E-state index in [0.29, 0.717) is 38.5 Å². The van der Waals surface area contributed by atoms with Gasteiger partial charge in [-0.15, -0.1) is 0 Å². The molecule has 0 unspecified atom stereocenters. The molecule has 1 aliphatic rings. The van der Waals surface area contributed by atoms with Crippen molar-refractivity contribution in [1.29, 1.82) is 0 Å². The average molecular weight is 344 g/mol. The topological polar surface area (TPSA) is 67.7 Å². The highest BCUT2D eigenvalue weighted by Crippen LogP contribution is 2.16. The predicted molar refractivity (Wildman–Crippen MR) is 97.0 cm³/mol. The third-order valence-corrected chi connectivity index (χ3v) is 4.48. The molecule has 3 rings (SSSR count). The zero-order chi connectivity index (χ0) is 17.8. The number of fused-ring (bicyclic) bond motifs is 1. The van der Waals surface area contributed by atoms with Gasteiger partial charge in [-0.3, -0.25) is 9.59 Å². The second-order valence-corrected chi connectivity index (χ2v) is 6.18. The first kappa shape index (κ1) is 17.4. The standard InChI is InChI=1S/C18H24N4O3/c1-3-8-22-15-7-5-4-6-14(15)19-17(18(22)24)21-11-9-20(10-12-21)16(23)13-25-2/h4-7H,3,8-13H2,1-2H3. The highest BCUT2D eigenvalue weighted by Gasteiger charge is 2.24. The van der Waals surface area contributed by atoms with Crippen LogP contribution in [0.3, 0.4) is 0 Å². The molecule has 1 aromatic carbocycles. The van der Waals surface area contributed by atoms with Crippen molar-refractivity contribution in [3.8, 4) is 0 Å². The summed E-state index contributed by atoms with van der Waals surface area (Å²) in [7, 11) is 1.52. The van der Waals surface area contributed by atoms with E-state index >= 15 is 0 Å². The maximum atomic E-state index is 12.9. The van der Waals surface area contributed by atoms with E-state index in [9.17, 15) is 9.59 Å². The largest absolute Gasteiger partial charge is 0.375 e. The monoisotopic (exact) mass is 344 g/mol. The molecule has 1 saturated heterocycles. The number of carbonyl (C=O) groups is 1. The predicted octanol–water partition coefficient (Wildman–Crippen LogP) is 1.10. The Balaban J connectivity index is 1.88. The maximum absolute atomic E-state index is 12.9. The van der Waals surface area contributed by atoms with Crippen molar-refractivity contribution < 1.29 is 9.53 Å². The average Bonchev–Trinajstić information content (AvgIpc) is 2.64. The number of ether oxygens (including phenoxy) is 1. The highest BCUT2D eigenvalue weighted by molar-refractivity contribution is 5.78. The number of methoxy groups -OCH3 is 1. The molecule has 134 valence electrons. The first-order valence-electron chi connectivity index (χ1n) is 8.67. The minimum Gasteiger partial charge on any atom is -0.375 e. The quantitative estimate of drug-likeness (QED) is 0.813. The van der Waals surface area contributed by atoms with Gasteiger partial charge in [-0.25, -0.2) is 4.98 Å². The molecule has 7 heteroatoms. The van der Waals surface area contributed by atoms with Crippen LogP contribution in [0.25, 0.3) is 11.0 Å². The van der Waals surface area contributed by atoms with E-state index in [0.717, 1.165) is 17.5 Å². The Bertz CT molecular complexity index is 810. The summed E-state index contributed by atoms with van der Waals surface area (Å²) in [5, 5.41) is 0. The smallest absolute Gasteiger partial charge is 0.294 e. The zero-order valence-electron chi connectivity index (χ0n) is 14.8. The Labute approximate surface area is 146 Å². The summed E-state index contributed by atoms with van der Waals surface area (Å²) < 4.78 is 6.71. The Morgan fingerprint density at radius 3 is 2.60 bits per heavy atom. The highest BCUT2D eigenvalue weighted by atomic mass is 16.5. The van der Waals surface area contributed by atoms with E-state index in [1.165, 1.54) is 7.11 Å². The third-order valence-electron chi connectivity index (χ3n) is 4.48. The summed E-state index contributed by atoms with van der Waals surface area (Å²) >= 11 is 0. The third kappa shape index (κ3) is 3.51. The van der Waals surface area contributed by atoms with Crippen molar-refractivity contribution >= 4 is 22.8 Å². The van der Waals surface area contributed by atoms with Crippen LogP contribution in [-0.2, 0) is 16.1 Å². The van der Waals surface area contributed by atoms with Crippen LogP contribution in [0.4, 0.5) is 5.82 Å². The van der Waals surface area contributed by atoms with E-state index in [2.05, 4.69) is 11.9 Å². The number of amides is 1. The summed E-state index contributed by atoms with van der Waals surface area (Å²) in [4.78, 5) is 33.2. The number of nitrogens with zero attached hydrogens (tertiary/aromatic N) is 4. The molecule has 0 saturated carbocycles. The number of rotatable bonds is 5. The van der Waals surface area contributed by atoms with Crippen molar-refractivity contribution in [2.24, 2.45) is 0 Å². The molecule has 0 aliphatic carbocycles. The Morgan fingerprint density at radius 1 is 1.20 bits per heavy atom. The van der Waals surface area contributed by atoms with E-state index in [1.807, 2.05) is 29.2 Å². The molecule has 0 radical (unpaired) electrons. The first-order valence-corrected chi connectivity index (χ1v) is 8.67. The Kier molecular flexibility index (Phi) is 5.33. The Hall–Kier alpha value is -2.41. The van der Waals surface area contributed by atoms with Gasteiger partial charge >= 0.3 is 0 Å². The number of benzene rings is 1. The molecular formula is C18H24N4O3. The van der Waals surface area contributed by atoms with Gasteiger partial charge in [0.1, 0.15) is 6.61 Å². The number of anilines is 1. The summed E-state index contributed by atoms with van der Waals surface area (Å²) in [6.07, 6.45) is 0.882. The summed E-state index contributed by atoms with van der Waals surface area (Å²) in [5.74, 6) is 0.461. The molecule has 1 amide bonds. The lowest BCUT2D eigenvalue weighted by molar-refractivity contribution is -0.135. The van der Waals surface area contributed by atoms with Crippen LogP contribution in [0, 0.1) is 0 Å². The van der Waals surface area contributed by atoms with Gasteiger partial charge in [-0.2, -0.15) is 0 Å². The Morgan fingerprint density at radius 2 is 1.92 bits per heavy atom. The van der Waals surface area contributed by atoms with Gasteiger partial charge in [0.25, 0.3) is 5.56 Å². The van der Waals surface area contributed by atoms with E-state index < -0.39 is 0 Å². The SMILES string of the molecule is CCCn1c(=O)c(N2CCN(C(=O)COC)CC2)nc2ccccc21. The van der Waals surface area contributed by atoms with Crippen molar-refractivity contribution in [3.63, 3.8) is 0 Å². The number of hydrogen-bond donors (Lipinski definition) is 0. The number of aryl methyl sites for hydroxylation is 1. The van der Waals surface area contributed by atoms with Crippen LogP contribution in [0.5, 0.6) is 0 Å². The summed E-state index contributed by atoms with van der Waals surface area (Å²) in [5.41, 5.74) is 1.63. The molecule has 0 bridgehead atoms. The van der Waals surface area contributed by atoms with Gasteiger partial charge in [-0.1, -0.05) is 19.1 Å². The van der Waals surface area contributed by atoms with E-state index in [1.54, 1.807) is 9.47 Å². The maximum Gasteiger partial charge on any atom is 0.294 e. The second kappa shape index (κ2) is 7.65. The van der Waals surface area contributed by atoms with Gasteiger partial charge in [0.15, 0.2) is 5.82 Å². The molecule has 1 aliphatic heterocycles. The van der Waals surface area contributed by atoms with Crippen molar-refractivity contribution in [1.82, 2.24) is 14.5 Å². The fraction of sp³-hybridized carbons (Fsp3) is 0.500. The number of aromatic nitrogens is 2. The lowest BCUT2D eigenvalue weighted by Crippen LogP contribution is -2.51. The second-order valence-electron chi connectivity index (χ2n) is 6.18. The van der Waals surface area contributed by atoms with Crippen LogP contribution in [0.15, 0.2) is 29.1 Å². The summed E-state index contributed by atoms with van der Waals surface area (Å²) in [6, 6.07) is 7.73. The van der Waals surface area contributed by atoms with Gasteiger partial charge in [0.05, 0.1) is 11.0 Å². The van der Waals surface area contributed by atoms with Crippen molar-refractivity contribution in [3.05, 3.63) is 34.6 Å². The fourth-order valence-electron chi connectivity index (χ4n) is 3.21. The number of carbonyl (C=O) groups excluding carboxylic acids is 1. The number of hydrogen-bond acceptors (Lipinski definition) is 5. The molecule has 2 heterocycles. The molecule has 25 heavy (non-hydrogen) atoms. The normalized spacial score (nSPS) is 15.0. The molecule has 0 spiro atoms. The van der Waals surface area contributed by atoms with Crippen LogP contribution in [-0.4, -0.2) is 60.3 Å². The zero-order valence-corrected chi connectivity index (χ0v) is 14.8. The molecule has 0 atom stereocenters. The lowest BCUT2D eigenvalue weighted by atomic mass is 10.2. The molecule has 0 N–H and O–H groups in total. The van der Waals surface area contributed by atoms with Gasteiger partial charge in [0, 0.05) is 39.8 Å². The molecule has 1 fully saturated rings. The van der Waals surface area contributed by atoms with E-state index in [-0.39, 0.29) is 18.1 Å². The van der Waals surface area contributed by atoms with Crippen LogP contribution < -0.4 is 10.5 Å². The summed E-state index contributed by atoms with van der Waals surface area (Å²) in [6.45, 7) is 5.17. The molecule has 1 aromatic heterocycles. The first-order chi connectivity index (χ1) is 12.2. The van der Waals surface area contributed by atoms with Crippen LogP contribution in [0.2, 0.25) is 0 Å². The minimum absolute atomic E-state index is 0.0167. The molecular weight excluding hydrogens is 320 g/mol. The van der Waals surface area contributed by atoms with Crippen molar-refractivity contribution in [2.45, 2.75) is 19.9 Å². The van der Waals surface area contributed by atoms with Crippen LogP contribution in [0.1, 0.15) is 13.3 Å². The molecule has 2 aromatic rings. The van der Waals surface area contributed by atoms with E-state index in [4.69, 9.17) is 4.74 Å². The fourth-order valence-corrected chi connectivity index (χ4v) is 3.21. The lowest BCUT2D eigenvalue weighted by Gasteiger charge is -2.35. The number of piperazine rings is 1. The minimum atomic E-state index is -0.0581. The molecule has 7 nitrogen and oxygen atoms in total. The van der Waals surface area contributed by atoms with Gasteiger partial charge in [0.2, 0.25) is 5.91 Å². The van der Waals surface area contributed by atoms with Gasteiger partial charge in [-0.05, 0) is 18.6 Å². The van der Waals surface area contributed by atoms with Crippen LogP contribution >= 0.6 is 0 Å². The number of para-hydroxylation sites is 2.